The van der Waals surface area contributed by atoms with E-state index in [-0.39, 0.29) is 23.9 Å². The van der Waals surface area contributed by atoms with E-state index in [9.17, 15) is 9.59 Å². The Balaban J connectivity index is 1.18. The van der Waals surface area contributed by atoms with Crippen molar-refractivity contribution in [1.82, 2.24) is 15.5 Å². The normalized spacial score (nSPS) is 24.4. The largest absolute Gasteiger partial charge is 0.347 e. The van der Waals surface area contributed by atoms with Crippen LogP contribution in [0.4, 0.5) is 0 Å². The summed E-state index contributed by atoms with van der Waals surface area (Å²) in [6.07, 6.45) is 7.85. The molecule has 2 amide bonds. The number of amides is 2. The highest BCUT2D eigenvalue weighted by Gasteiger charge is 2.45. The molecule has 2 aromatic rings. The number of nitrogens with zero attached hydrogens (tertiary/aromatic N) is 1. The molecule has 2 saturated carbocycles. The van der Waals surface area contributed by atoms with Gasteiger partial charge in [-0.1, -0.05) is 23.7 Å². The minimum atomic E-state index is -0.120. The summed E-state index contributed by atoms with van der Waals surface area (Å²) in [5.74, 6) is -0.184. The topological polar surface area (TPSA) is 61.4 Å². The molecule has 0 spiro atoms. The maximum Gasteiger partial charge on any atom is 0.261 e. The lowest BCUT2D eigenvalue weighted by molar-refractivity contribution is 0.0894. The fourth-order valence-corrected chi connectivity index (χ4v) is 6.21. The predicted molar refractivity (Wildman–Crippen MR) is 129 cm³/mol. The van der Waals surface area contributed by atoms with E-state index in [1.807, 2.05) is 12.1 Å². The lowest BCUT2D eigenvalue weighted by Crippen LogP contribution is -2.48. The summed E-state index contributed by atoms with van der Waals surface area (Å²) in [6, 6.07) is 11.6. The van der Waals surface area contributed by atoms with Gasteiger partial charge in [-0.3, -0.25) is 9.59 Å². The Hall–Kier alpha value is -1.89. The second-order valence-corrected chi connectivity index (χ2v) is 11.3. The number of hydrogen-bond acceptors (Lipinski definition) is 4. The third kappa shape index (κ3) is 4.73. The van der Waals surface area contributed by atoms with E-state index in [4.69, 9.17) is 11.6 Å². The standard InChI is InChI=1S/C25H30ClN3O2S/c26-22-11-10-21(32-22)24(31)28-20-5-3-4-19(20)27-23(30)17-6-8-18(9-7-17)25(12-13-25)16-29-14-1-2-15-29/h6-11,19-20H,1-5,12-16H2,(H,27,30)(H,28,31)/t19-,20?/m0/s1. The van der Waals surface area contributed by atoms with Crippen LogP contribution in [0.1, 0.15) is 70.5 Å². The first-order valence-corrected chi connectivity index (χ1v) is 12.9. The van der Waals surface area contributed by atoms with Crippen LogP contribution in [0.5, 0.6) is 0 Å². The van der Waals surface area contributed by atoms with Crippen LogP contribution in [0.2, 0.25) is 4.34 Å². The fourth-order valence-electron chi connectivity index (χ4n) is 5.27. The van der Waals surface area contributed by atoms with Crippen molar-refractivity contribution in [3.63, 3.8) is 0 Å². The summed E-state index contributed by atoms with van der Waals surface area (Å²) in [7, 11) is 0. The van der Waals surface area contributed by atoms with Crippen LogP contribution in [-0.2, 0) is 5.41 Å². The molecule has 3 fully saturated rings. The Morgan fingerprint density at radius 1 is 0.938 bits per heavy atom. The zero-order valence-electron chi connectivity index (χ0n) is 18.2. The third-order valence-electron chi connectivity index (χ3n) is 7.28. The minimum Gasteiger partial charge on any atom is -0.347 e. The Bertz CT molecular complexity index is 979. The van der Waals surface area contributed by atoms with Crippen molar-refractivity contribution in [3.05, 3.63) is 56.7 Å². The number of halogens is 1. The van der Waals surface area contributed by atoms with E-state index < -0.39 is 0 Å². The maximum atomic E-state index is 12.9. The number of benzene rings is 1. The van der Waals surface area contributed by atoms with Crippen molar-refractivity contribution in [1.29, 1.82) is 0 Å². The molecule has 1 aliphatic heterocycles. The van der Waals surface area contributed by atoms with Crippen LogP contribution in [-0.4, -0.2) is 48.4 Å². The summed E-state index contributed by atoms with van der Waals surface area (Å²) in [5.41, 5.74) is 2.35. The van der Waals surface area contributed by atoms with Gasteiger partial charge in [-0.2, -0.15) is 0 Å². The molecule has 0 radical (unpaired) electrons. The minimum absolute atomic E-state index is 0.0495. The molecule has 3 aliphatic rings. The fraction of sp³-hybridized carbons (Fsp3) is 0.520. The number of carbonyl (C=O) groups is 2. The van der Waals surface area contributed by atoms with Crippen LogP contribution in [0.3, 0.4) is 0 Å². The molecular formula is C25H30ClN3O2S. The first kappa shape index (κ1) is 21.9. The van der Waals surface area contributed by atoms with E-state index in [0.717, 1.165) is 25.8 Å². The molecule has 1 aromatic heterocycles. The quantitative estimate of drug-likeness (QED) is 0.619. The highest BCUT2D eigenvalue weighted by Crippen LogP contribution is 2.49. The lowest BCUT2D eigenvalue weighted by atomic mass is 9.94. The van der Waals surface area contributed by atoms with Gasteiger partial charge in [-0.25, -0.2) is 0 Å². The second-order valence-electron chi connectivity index (χ2n) is 9.54. The summed E-state index contributed by atoms with van der Waals surface area (Å²) in [6.45, 7) is 3.60. The molecule has 32 heavy (non-hydrogen) atoms. The van der Waals surface area contributed by atoms with Gasteiger partial charge in [0.15, 0.2) is 0 Å². The zero-order chi connectivity index (χ0) is 22.1. The average molecular weight is 472 g/mol. The van der Waals surface area contributed by atoms with Crippen molar-refractivity contribution in [2.45, 2.75) is 62.4 Å². The van der Waals surface area contributed by atoms with Gasteiger partial charge in [0.25, 0.3) is 11.8 Å². The lowest BCUT2D eigenvalue weighted by Gasteiger charge is -2.24. The molecule has 2 atom stereocenters. The Morgan fingerprint density at radius 3 is 2.19 bits per heavy atom. The van der Waals surface area contributed by atoms with Crippen molar-refractivity contribution >= 4 is 34.8 Å². The molecule has 1 aromatic carbocycles. The van der Waals surface area contributed by atoms with Crippen LogP contribution >= 0.6 is 22.9 Å². The molecule has 170 valence electrons. The van der Waals surface area contributed by atoms with E-state index >= 15 is 0 Å². The first-order valence-electron chi connectivity index (χ1n) is 11.7. The van der Waals surface area contributed by atoms with Crippen molar-refractivity contribution in [2.24, 2.45) is 0 Å². The maximum absolute atomic E-state index is 12.9. The van der Waals surface area contributed by atoms with Gasteiger partial charge in [0.2, 0.25) is 0 Å². The molecule has 0 bridgehead atoms. The van der Waals surface area contributed by atoms with Gasteiger partial charge >= 0.3 is 0 Å². The summed E-state index contributed by atoms with van der Waals surface area (Å²) in [4.78, 5) is 28.6. The summed E-state index contributed by atoms with van der Waals surface area (Å²) < 4.78 is 0.600. The van der Waals surface area contributed by atoms with Crippen LogP contribution < -0.4 is 10.6 Å². The molecule has 1 saturated heterocycles. The molecular weight excluding hydrogens is 442 g/mol. The molecule has 2 heterocycles. The average Bonchev–Trinajstić information content (AvgIpc) is 3.15. The number of hydrogen-bond donors (Lipinski definition) is 2. The molecule has 2 aliphatic carbocycles. The molecule has 7 heteroatoms. The van der Waals surface area contributed by atoms with Crippen molar-refractivity contribution in [2.75, 3.05) is 19.6 Å². The van der Waals surface area contributed by atoms with E-state index in [0.29, 0.717) is 20.2 Å². The number of thiophene rings is 1. The Labute approximate surface area is 198 Å². The van der Waals surface area contributed by atoms with Crippen LogP contribution in [0.15, 0.2) is 36.4 Å². The number of nitrogens with one attached hydrogen (secondary N) is 2. The predicted octanol–water partition coefficient (Wildman–Crippen LogP) is 4.61. The SMILES string of the molecule is O=C(N[C@H]1CCCC1NC(=O)c1ccc(Cl)s1)c1ccc(C2(CN3CCCC3)CC2)cc1. The van der Waals surface area contributed by atoms with E-state index in [2.05, 4.69) is 27.7 Å². The Kier molecular flexibility index (Phi) is 6.28. The van der Waals surface area contributed by atoms with Gasteiger partial charge in [-0.15, -0.1) is 11.3 Å². The van der Waals surface area contributed by atoms with Gasteiger partial charge in [-0.05, 0) is 87.9 Å². The smallest absolute Gasteiger partial charge is 0.261 e. The van der Waals surface area contributed by atoms with E-state index in [1.165, 1.54) is 55.7 Å². The molecule has 5 rings (SSSR count). The number of likely N-dealkylation sites (tertiary alicyclic amines) is 1. The second kappa shape index (κ2) is 9.16. The van der Waals surface area contributed by atoms with Crippen molar-refractivity contribution in [3.8, 4) is 0 Å². The monoisotopic (exact) mass is 471 g/mol. The zero-order valence-corrected chi connectivity index (χ0v) is 19.8. The summed E-state index contributed by atoms with van der Waals surface area (Å²) in [5, 5.41) is 6.24. The molecule has 5 nitrogen and oxygen atoms in total. The van der Waals surface area contributed by atoms with E-state index in [1.54, 1.807) is 12.1 Å². The van der Waals surface area contributed by atoms with Gasteiger partial charge in [0, 0.05) is 29.6 Å². The van der Waals surface area contributed by atoms with Gasteiger partial charge < -0.3 is 15.5 Å². The van der Waals surface area contributed by atoms with Gasteiger partial charge in [0.05, 0.1) is 9.21 Å². The molecule has 1 unspecified atom stereocenters. The first-order chi connectivity index (χ1) is 15.5. The van der Waals surface area contributed by atoms with Crippen LogP contribution in [0, 0.1) is 0 Å². The molecule has 2 N–H and O–H groups in total. The highest BCUT2D eigenvalue weighted by atomic mass is 35.5. The Morgan fingerprint density at radius 2 is 1.59 bits per heavy atom. The number of rotatable bonds is 7. The highest BCUT2D eigenvalue weighted by molar-refractivity contribution is 7.18. The van der Waals surface area contributed by atoms with Crippen molar-refractivity contribution < 1.29 is 9.59 Å². The third-order valence-corrected chi connectivity index (χ3v) is 8.51. The van der Waals surface area contributed by atoms with Gasteiger partial charge in [0.1, 0.15) is 0 Å². The number of carbonyl (C=O) groups excluding carboxylic acids is 2. The van der Waals surface area contributed by atoms with Crippen LogP contribution in [0.25, 0.3) is 0 Å². The summed E-state index contributed by atoms with van der Waals surface area (Å²) >= 11 is 7.22.